The molecule has 3 rings (SSSR count). The predicted molar refractivity (Wildman–Crippen MR) is 91.4 cm³/mol. The van der Waals surface area contributed by atoms with Gasteiger partial charge in [-0.05, 0) is 43.2 Å². The van der Waals surface area contributed by atoms with E-state index in [1.165, 1.54) is 16.9 Å². The summed E-state index contributed by atoms with van der Waals surface area (Å²) in [4.78, 5) is 27.9. The molecule has 5 nitrogen and oxygen atoms in total. The third-order valence-corrected chi connectivity index (χ3v) is 5.96. The van der Waals surface area contributed by atoms with Crippen LogP contribution >= 0.6 is 11.3 Å². The van der Waals surface area contributed by atoms with E-state index in [4.69, 9.17) is 0 Å². The molecule has 23 heavy (non-hydrogen) atoms. The molecule has 0 saturated heterocycles. The van der Waals surface area contributed by atoms with E-state index >= 15 is 0 Å². The molecule has 1 saturated carbocycles. The summed E-state index contributed by atoms with van der Waals surface area (Å²) < 4.78 is 0. The highest BCUT2D eigenvalue weighted by molar-refractivity contribution is 7.10. The molecular weight excluding hydrogens is 310 g/mol. The van der Waals surface area contributed by atoms with Crippen LogP contribution in [0.1, 0.15) is 49.5 Å². The third kappa shape index (κ3) is 4.12. The van der Waals surface area contributed by atoms with Crippen LogP contribution in [0.4, 0.5) is 4.79 Å². The molecule has 0 radical (unpaired) electrons. The number of hydrogen-bond acceptors (Lipinski definition) is 4. The fourth-order valence-corrected chi connectivity index (χ4v) is 4.34. The Labute approximate surface area is 141 Å². The van der Waals surface area contributed by atoms with Gasteiger partial charge in [0, 0.05) is 24.0 Å². The molecule has 0 spiro atoms. The van der Waals surface area contributed by atoms with Crippen molar-refractivity contribution in [2.45, 2.75) is 64.1 Å². The van der Waals surface area contributed by atoms with E-state index in [-0.39, 0.29) is 24.0 Å². The fourth-order valence-electron chi connectivity index (χ4n) is 3.45. The van der Waals surface area contributed by atoms with Gasteiger partial charge in [0.05, 0.1) is 6.04 Å². The highest BCUT2D eigenvalue weighted by Gasteiger charge is 2.27. The van der Waals surface area contributed by atoms with Crippen molar-refractivity contribution in [1.29, 1.82) is 0 Å². The molecular formula is C17H25N3O2S. The molecule has 3 amide bonds. The maximum absolute atomic E-state index is 12.3. The second-order valence-corrected chi connectivity index (χ2v) is 7.56. The molecule has 1 unspecified atom stereocenters. The summed E-state index contributed by atoms with van der Waals surface area (Å²) in [6.07, 6.45) is 6.58. The van der Waals surface area contributed by atoms with E-state index < -0.39 is 0 Å². The first-order valence-corrected chi connectivity index (χ1v) is 9.42. The third-order valence-electron chi connectivity index (χ3n) is 4.94. The molecule has 0 bridgehead atoms. The van der Waals surface area contributed by atoms with Gasteiger partial charge in [0.25, 0.3) is 0 Å². The number of carbonyl (C=O) groups is 2. The second kappa shape index (κ2) is 7.45. The lowest BCUT2D eigenvalue weighted by Crippen LogP contribution is -2.52. The summed E-state index contributed by atoms with van der Waals surface area (Å²) >= 11 is 1.79. The smallest absolute Gasteiger partial charge is 0.321 e. The Bertz CT molecular complexity index is 566. The Morgan fingerprint density at radius 2 is 2.09 bits per heavy atom. The molecule has 1 atom stereocenters. The number of thiophene rings is 1. The Morgan fingerprint density at radius 1 is 1.30 bits per heavy atom. The minimum atomic E-state index is -0.345. The Hall–Kier alpha value is -1.40. The first-order valence-electron chi connectivity index (χ1n) is 8.54. The molecule has 0 aromatic carbocycles. The summed E-state index contributed by atoms with van der Waals surface area (Å²) in [5.41, 5.74) is 1.31. The van der Waals surface area contributed by atoms with Crippen LogP contribution in [0.15, 0.2) is 11.4 Å². The van der Waals surface area contributed by atoms with Gasteiger partial charge >= 0.3 is 6.03 Å². The maximum atomic E-state index is 12.3. The van der Waals surface area contributed by atoms with Gasteiger partial charge in [0.15, 0.2) is 0 Å². The van der Waals surface area contributed by atoms with Gasteiger partial charge in [-0.15, -0.1) is 11.3 Å². The SMILES string of the molecule is CC(C(=O)NC(=O)NC1CCCCC1)N1CCc2sccc2C1. The monoisotopic (exact) mass is 335 g/mol. The van der Waals surface area contributed by atoms with Crippen molar-refractivity contribution < 1.29 is 9.59 Å². The van der Waals surface area contributed by atoms with Crippen LogP contribution in [-0.2, 0) is 17.8 Å². The van der Waals surface area contributed by atoms with Crippen molar-refractivity contribution in [3.05, 3.63) is 21.9 Å². The summed E-state index contributed by atoms with van der Waals surface area (Å²) in [5, 5.41) is 7.55. The molecule has 2 aliphatic rings. The second-order valence-electron chi connectivity index (χ2n) is 6.56. The Morgan fingerprint density at radius 3 is 2.87 bits per heavy atom. The van der Waals surface area contributed by atoms with Crippen LogP contribution in [0, 0.1) is 0 Å². The van der Waals surface area contributed by atoms with Crippen molar-refractivity contribution in [2.75, 3.05) is 6.54 Å². The van der Waals surface area contributed by atoms with Gasteiger partial charge in [-0.1, -0.05) is 19.3 Å². The summed E-state index contributed by atoms with van der Waals surface area (Å²) in [7, 11) is 0. The minimum absolute atomic E-state index is 0.211. The zero-order chi connectivity index (χ0) is 16.2. The zero-order valence-corrected chi connectivity index (χ0v) is 14.5. The molecule has 2 heterocycles. The molecule has 1 aromatic heterocycles. The Kier molecular flexibility index (Phi) is 5.33. The van der Waals surface area contributed by atoms with Crippen molar-refractivity contribution in [3.63, 3.8) is 0 Å². The van der Waals surface area contributed by atoms with Crippen LogP contribution in [0.2, 0.25) is 0 Å². The lowest BCUT2D eigenvalue weighted by atomic mass is 9.96. The van der Waals surface area contributed by atoms with Gasteiger partial charge in [0.1, 0.15) is 0 Å². The van der Waals surface area contributed by atoms with Gasteiger partial charge < -0.3 is 5.32 Å². The average Bonchev–Trinajstić information content (AvgIpc) is 3.02. The number of nitrogens with zero attached hydrogens (tertiary/aromatic N) is 1. The van der Waals surface area contributed by atoms with Gasteiger partial charge in [0.2, 0.25) is 5.91 Å². The molecule has 1 fully saturated rings. The fraction of sp³-hybridized carbons (Fsp3) is 0.647. The maximum Gasteiger partial charge on any atom is 0.321 e. The van der Waals surface area contributed by atoms with E-state index in [0.29, 0.717) is 0 Å². The normalized spacial score (nSPS) is 20.6. The molecule has 1 aliphatic carbocycles. The van der Waals surface area contributed by atoms with E-state index in [0.717, 1.165) is 45.2 Å². The van der Waals surface area contributed by atoms with Gasteiger partial charge in [-0.2, -0.15) is 0 Å². The standard InChI is InChI=1S/C17H25N3O2S/c1-12(20-9-7-15-13(11-20)8-10-23-15)16(21)19-17(22)18-14-5-3-2-4-6-14/h8,10,12,14H,2-7,9,11H2,1H3,(H2,18,19,21,22). The van der Waals surface area contributed by atoms with Crippen LogP contribution in [0.3, 0.4) is 0 Å². The molecule has 6 heteroatoms. The number of rotatable bonds is 3. The number of carbonyl (C=O) groups excluding carboxylic acids is 2. The van der Waals surface area contributed by atoms with Crippen molar-refractivity contribution in [1.82, 2.24) is 15.5 Å². The van der Waals surface area contributed by atoms with Gasteiger partial charge in [-0.25, -0.2) is 4.79 Å². The topological polar surface area (TPSA) is 61.4 Å². The number of hydrogen-bond donors (Lipinski definition) is 2. The van der Waals surface area contributed by atoms with Crippen LogP contribution < -0.4 is 10.6 Å². The van der Waals surface area contributed by atoms with E-state index in [1.807, 2.05) is 6.92 Å². The molecule has 126 valence electrons. The predicted octanol–water partition coefficient (Wildman–Crippen LogP) is 2.65. The van der Waals surface area contributed by atoms with Crippen LogP contribution in [0.25, 0.3) is 0 Å². The first-order chi connectivity index (χ1) is 11.1. The molecule has 1 aromatic rings. The number of nitrogens with one attached hydrogen (secondary N) is 2. The lowest BCUT2D eigenvalue weighted by molar-refractivity contribution is -0.125. The quantitative estimate of drug-likeness (QED) is 0.893. The highest BCUT2D eigenvalue weighted by atomic mass is 32.1. The summed E-state index contributed by atoms with van der Waals surface area (Å²) in [6, 6.07) is 1.71. The molecule has 2 N–H and O–H groups in total. The van der Waals surface area contributed by atoms with E-state index in [2.05, 4.69) is 27.0 Å². The first kappa shape index (κ1) is 16.5. The van der Waals surface area contributed by atoms with Crippen LogP contribution in [-0.4, -0.2) is 35.5 Å². The Balaban J connectivity index is 1.48. The van der Waals surface area contributed by atoms with Crippen molar-refractivity contribution in [3.8, 4) is 0 Å². The summed E-state index contributed by atoms with van der Waals surface area (Å²) in [5.74, 6) is -0.211. The lowest BCUT2D eigenvalue weighted by Gasteiger charge is -2.31. The number of imide groups is 1. The van der Waals surface area contributed by atoms with Crippen molar-refractivity contribution in [2.24, 2.45) is 0 Å². The average molecular weight is 335 g/mol. The minimum Gasteiger partial charge on any atom is -0.335 e. The molecule has 1 aliphatic heterocycles. The van der Waals surface area contributed by atoms with E-state index in [1.54, 1.807) is 11.3 Å². The number of fused-ring (bicyclic) bond motifs is 1. The van der Waals surface area contributed by atoms with Gasteiger partial charge in [-0.3, -0.25) is 15.0 Å². The highest BCUT2D eigenvalue weighted by Crippen LogP contribution is 2.25. The van der Waals surface area contributed by atoms with E-state index in [9.17, 15) is 9.59 Å². The largest absolute Gasteiger partial charge is 0.335 e. The zero-order valence-electron chi connectivity index (χ0n) is 13.6. The van der Waals surface area contributed by atoms with Crippen LogP contribution in [0.5, 0.6) is 0 Å². The summed E-state index contributed by atoms with van der Waals surface area (Å²) in [6.45, 7) is 3.53. The van der Waals surface area contributed by atoms with Crippen molar-refractivity contribution >= 4 is 23.3 Å². The number of urea groups is 1. The number of amides is 3.